The Morgan fingerprint density at radius 2 is 2.25 bits per heavy atom. The number of benzene rings is 1. The molecule has 0 saturated heterocycles. The number of nitrogens with one attached hydrogen (secondary N) is 1. The number of aromatic hydroxyl groups is 1. The highest BCUT2D eigenvalue weighted by molar-refractivity contribution is 9.10. The molecule has 0 fully saturated rings. The second-order valence-electron chi connectivity index (χ2n) is 4.00. The molecule has 0 bridgehead atoms. The topological polar surface area (TPSA) is 92.5 Å². The summed E-state index contributed by atoms with van der Waals surface area (Å²) in [5, 5.41) is 14.2. The Kier molecular flexibility index (Phi) is 2.94. The molecule has 2 N–H and O–H groups in total. The predicted molar refractivity (Wildman–Crippen MR) is 75.0 cm³/mol. The number of H-pyrrole nitrogens is 1. The van der Waals surface area contributed by atoms with Crippen LogP contribution in [0.1, 0.15) is 0 Å². The Labute approximate surface area is 121 Å². The molecule has 0 amide bonds. The van der Waals surface area contributed by atoms with E-state index in [0.717, 1.165) is 8.99 Å². The molecule has 3 aromatic rings. The number of hydrogen-bond acceptors (Lipinski definition) is 5. The summed E-state index contributed by atoms with van der Waals surface area (Å²) in [4.78, 5) is 18.6. The summed E-state index contributed by atoms with van der Waals surface area (Å²) in [6.07, 6.45) is 0. The highest BCUT2D eigenvalue weighted by atomic mass is 79.9. The van der Waals surface area contributed by atoms with Crippen LogP contribution in [-0.4, -0.2) is 31.8 Å². The van der Waals surface area contributed by atoms with E-state index in [0.29, 0.717) is 5.56 Å². The highest BCUT2D eigenvalue weighted by Crippen LogP contribution is 2.27. The Balaban J connectivity index is 2.33. The highest BCUT2D eigenvalue weighted by Gasteiger charge is 2.17. The molecule has 0 atom stereocenters. The third kappa shape index (κ3) is 1.94. The van der Waals surface area contributed by atoms with E-state index in [1.807, 2.05) is 6.07 Å². The van der Waals surface area contributed by atoms with E-state index in [9.17, 15) is 9.90 Å². The summed E-state index contributed by atoms with van der Waals surface area (Å²) in [6.45, 7) is 0. The smallest absolute Gasteiger partial charge is 0.337 e. The summed E-state index contributed by atoms with van der Waals surface area (Å²) in [5.74, 6) is -0.180. The number of fused-ring (bicyclic) bond motifs is 1. The van der Waals surface area contributed by atoms with Gasteiger partial charge in [-0.1, -0.05) is 28.1 Å². The lowest BCUT2D eigenvalue weighted by Crippen LogP contribution is -2.12. The zero-order chi connectivity index (χ0) is 14.3. The molecule has 3 rings (SSSR count). The van der Waals surface area contributed by atoms with Gasteiger partial charge in [0.2, 0.25) is 11.7 Å². The minimum absolute atomic E-state index is 0.0577. The Morgan fingerprint density at radius 1 is 1.45 bits per heavy atom. The minimum atomic E-state index is -0.455. The lowest BCUT2D eigenvalue weighted by atomic mass is 10.1. The van der Waals surface area contributed by atoms with Gasteiger partial charge in [0.15, 0.2) is 0 Å². The van der Waals surface area contributed by atoms with Crippen LogP contribution in [-0.2, 0) is 0 Å². The number of methoxy groups -OCH3 is 1. The number of aromatic amines is 1. The van der Waals surface area contributed by atoms with E-state index in [1.54, 1.807) is 18.2 Å². The van der Waals surface area contributed by atoms with Gasteiger partial charge < -0.3 is 9.84 Å². The van der Waals surface area contributed by atoms with Crippen LogP contribution in [0.5, 0.6) is 11.9 Å². The van der Waals surface area contributed by atoms with E-state index in [2.05, 4.69) is 31.0 Å². The normalized spacial score (nSPS) is 10.9. The summed E-state index contributed by atoms with van der Waals surface area (Å²) >= 11 is 3.32. The average molecular weight is 337 g/mol. The van der Waals surface area contributed by atoms with Crippen molar-refractivity contribution in [2.75, 3.05) is 7.11 Å². The van der Waals surface area contributed by atoms with Crippen LogP contribution in [0.15, 0.2) is 33.5 Å². The van der Waals surface area contributed by atoms with E-state index < -0.39 is 5.56 Å². The lowest BCUT2D eigenvalue weighted by Gasteiger charge is -2.05. The fourth-order valence-corrected chi connectivity index (χ4v) is 2.28. The van der Waals surface area contributed by atoms with Gasteiger partial charge >= 0.3 is 6.01 Å². The van der Waals surface area contributed by atoms with Crippen LogP contribution < -0.4 is 10.3 Å². The van der Waals surface area contributed by atoms with Crippen LogP contribution in [0.2, 0.25) is 0 Å². The van der Waals surface area contributed by atoms with Crippen molar-refractivity contribution in [2.24, 2.45) is 0 Å². The first-order valence-corrected chi connectivity index (χ1v) is 6.41. The Bertz CT molecular complexity index is 856. The summed E-state index contributed by atoms with van der Waals surface area (Å²) < 4.78 is 6.79. The molecule has 2 heterocycles. The molecule has 0 unspecified atom stereocenters. The molecule has 102 valence electrons. The van der Waals surface area contributed by atoms with E-state index in [-0.39, 0.29) is 23.2 Å². The SMILES string of the molecule is COc1nc2[nH]c(=O)c(-c3cccc(Br)c3)c(O)n2n1. The molecule has 0 saturated carbocycles. The van der Waals surface area contributed by atoms with Crippen molar-refractivity contribution < 1.29 is 9.84 Å². The average Bonchev–Trinajstić information content (AvgIpc) is 2.82. The molecule has 0 aliphatic heterocycles. The fraction of sp³-hybridized carbons (Fsp3) is 0.0833. The quantitative estimate of drug-likeness (QED) is 0.740. The first kappa shape index (κ1) is 12.7. The Morgan fingerprint density at radius 3 is 2.95 bits per heavy atom. The molecular weight excluding hydrogens is 328 g/mol. The molecule has 0 radical (unpaired) electrons. The maximum absolute atomic E-state index is 12.1. The zero-order valence-electron chi connectivity index (χ0n) is 10.3. The van der Waals surface area contributed by atoms with E-state index in [1.165, 1.54) is 7.11 Å². The van der Waals surface area contributed by atoms with E-state index in [4.69, 9.17) is 4.74 Å². The number of ether oxygens (including phenoxy) is 1. The molecule has 1 aromatic carbocycles. The van der Waals surface area contributed by atoms with Gasteiger partial charge in [-0.2, -0.15) is 9.50 Å². The van der Waals surface area contributed by atoms with Crippen molar-refractivity contribution in [1.29, 1.82) is 0 Å². The molecule has 20 heavy (non-hydrogen) atoms. The number of nitrogens with zero attached hydrogens (tertiary/aromatic N) is 3. The number of hydrogen-bond donors (Lipinski definition) is 2. The largest absolute Gasteiger partial charge is 0.493 e. The van der Waals surface area contributed by atoms with E-state index >= 15 is 0 Å². The van der Waals surface area contributed by atoms with Crippen molar-refractivity contribution in [1.82, 2.24) is 19.6 Å². The van der Waals surface area contributed by atoms with Crippen LogP contribution in [0.3, 0.4) is 0 Å². The van der Waals surface area contributed by atoms with Crippen LogP contribution in [0, 0.1) is 0 Å². The third-order valence-electron chi connectivity index (χ3n) is 2.76. The van der Waals surface area contributed by atoms with Crippen molar-refractivity contribution in [2.45, 2.75) is 0 Å². The molecule has 0 aliphatic carbocycles. The van der Waals surface area contributed by atoms with Gasteiger partial charge in [0.25, 0.3) is 5.56 Å². The fourth-order valence-electron chi connectivity index (χ4n) is 1.88. The van der Waals surface area contributed by atoms with Gasteiger partial charge in [-0.3, -0.25) is 9.78 Å². The third-order valence-corrected chi connectivity index (χ3v) is 3.25. The molecule has 8 heteroatoms. The molecule has 7 nitrogen and oxygen atoms in total. The monoisotopic (exact) mass is 336 g/mol. The van der Waals surface area contributed by atoms with Gasteiger partial charge in [0.05, 0.1) is 7.11 Å². The summed E-state index contributed by atoms with van der Waals surface area (Å²) in [7, 11) is 1.40. The van der Waals surface area contributed by atoms with Crippen molar-refractivity contribution in [3.05, 3.63) is 39.1 Å². The number of rotatable bonds is 2. The first-order valence-electron chi connectivity index (χ1n) is 5.62. The summed E-state index contributed by atoms with van der Waals surface area (Å²) in [6, 6.07) is 7.09. The maximum atomic E-state index is 12.1. The van der Waals surface area contributed by atoms with Crippen molar-refractivity contribution in [3.63, 3.8) is 0 Å². The first-order chi connectivity index (χ1) is 9.60. The van der Waals surface area contributed by atoms with Gasteiger partial charge in [-0.05, 0) is 17.7 Å². The van der Waals surface area contributed by atoms with Gasteiger partial charge in [-0.15, -0.1) is 5.10 Å². The molecule has 0 aliphatic rings. The predicted octanol–water partition coefficient (Wildman–Crippen LogP) is 1.56. The molecular formula is C12H9BrN4O3. The van der Waals surface area contributed by atoms with Crippen LogP contribution in [0.25, 0.3) is 16.9 Å². The number of halogens is 1. The van der Waals surface area contributed by atoms with Gasteiger partial charge in [0, 0.05) is 4.47 Å². The van der Waals surface area contributed by atoms with Crippen LogP contribution >= 0.6 is 15.9 Å². The minimum Gasteiger partial charge on any atom is -0.493 e. The Hall–Kier alpha value is -2.35. The van der Waals surface area contributed by atoms with Crippen LogP contribution in [0.4, 0.5) is 0 Å². The molecule has 0 spiro atoms. The second kappa shape index (κ2) is 4.64. The zero-order valence-corrected chi connectivity index (χ0v) is 11.9. The van der Waals surface area contributed by atoms with Gasteiger partial charge in [0.1, 0.15) is 5.56 Å². The number of aromatic nitrogens is 4. The lowest BCUT2D eigenvalue weighted by molar-refractivity contribution is 0.375. The summed E-state index contributed by atoms with van der Waals surface area (Å²) in [5.41, 5.74) is 0.226. The van der Waals surface area contributed by atoms with Crippen molar-refractivity contribution >= 4 is 21.7 Å². The maximum Gasteiger partial charge on any atom is 0.337 e. The van der Waals surface area contributed by atoms with Crippen molar-refractivity contribution in [3.8, 4) is 23.0 Å². The second-order valence-corrected chi connectivity index (χ2v) is 4.91. The standard InChI is InChI=1S/C12H9BrN4O3/c1-20-12-15-11-14-9(18)8(10(19)17(11)16-12)6-3-2-4-7(13)5-6/h2-5,19H,1H3,(H,14,15,16,18). The molecule has 2 aromatic heterocycles. The van der Waals surface area contributed by atoms with Gasteiger partial charge in [-0.25, -0.2) is 0 Å².